The number of para-hydroxylation sites is 1. The van der Waals surface area contributed by atoms with E-state index in [1.165, 1.54) is 30.3 Å². The molecule has 4 N–H and O–H groups in total. The van der Waals surface area contributed by atoms with E-state index in [2.05, 4.69) is 20.9 Å². The summed E-state index contributed by atoms with van der Waals surface area (Å²) >= 11 is 5.78. The van der Waals surface area contributed by atoms with Crippen molar-refractivity contribution in [3.63, 3.8) is 0 Å². The highest BCUT2D eigenvalue weighted by Gasteiger charge is 2.42. The molecule has 0 aromatic heterocycles. The Morgan fingerprint density at radius 3 is 2.54 bits per heavy atom. The quantitative estimate of drug-likeness (QED) is 0.616. The van der Waals surface area contributed by atoms with Gasteiger partial charge in [0.15, 0.2) is 5.37 Å². The number of hydrazine groups is 1. The summed E-state index contributed by atoms with van der Waals surface area (Å²) in [6.45, 7) is 0.0759. The van der Waals surface area contributed by atoms with E-state index < -0.39 is 33.0 Å². The fourth-order valence-corrected chi connectivity index (χ4v) is 4.14. The SMILES string of the molecule is O=C(Nc1ccccc1F)C1CNNC1S(=O)(=O)Nc1ccc(Cl)cc1. The Morgan fingerprint density at radius 1 is 1.15 bits per heavy atom. The summed E-state index contributed by atoms with van der Waals surface area (Å²) in [7, 11) is -3.94. The molecule has 138 valence electrons. The molecule has 2 atom stereocenters. The standard InChI is InChI=1S/C16H16ClFN4O3S/c17-10-5-7-11(8-6-10)22-26(24,25)16-12(9-19-21-16)15(23)20-14-4-2-1-3-13(14)18/h1-8,12,16,19,21-22H,9H2,(H,20,23). The van der Waals surface area contributed by atoms with E-state index in [-0.39, 0.29) is 12.2 Å². The van der Waals surface area contributed by atoms with Crippen molar-refractivity contribution >= 4 is 38.9 Å². The van der Waals surface area contributed by atoms with Crippen molar-refractivity contribution in [2.24, 2.45) is 5.92 Å². The summed E-state index contributed by atoms with van der Waals surface area (Å²) in [5, 5.41) is 1.66. The van der Waals surface area contributed by atoms with E-state index in [4.69, 9.17) is 11.6 Å². The first kappa shape index (κ1) is 18.6. The van der Waals surface area contributed by atoms with E-state index in [1.54, 1.807) is 18.2 Å². The van der Waals surface area contributed by atoms with Crippen molar-refractivity contribution in [1.29, 1.82) is 0 Å². The van der Waals surface area contributed by atoms with Gasteiger partial charge in [0, 0.05) is 17.3 Å². The number of amides is 1. The first-order chi connectivity index (χ1) is 12.4. The Balaban J connectivity index is 1.75. The van der Waals surface area contributed by atoms with Crippen LogP contribution in [0.3, 0.4) is 0 Å². The number of carbonyl (C=O) groups excluding carboxylic acids is 1. The van der Waals surface area contributed by atoms with Crippen molar-refractivity contribution in [2.75, 3.05) is 16.6 Å². The molecule has 2 unspecified atom stereocenters. The van der Waals surface area contributed by atoms with Gasteiger partial charge in [0.25, 0.3) is 10.0 Å². The molecule has 1 fully saturated rings. The zero-order chi connectivity index (χ0) is 18.7. The molecule has 1 amide bonds. The van der Waals surface area contributed by atoms with E-state index in [9.17, 15) is 17.6 Å². The number of anilines is 2. The average molecular weight is 399 g/mol. The molecule has 3 rings (SSSR count). The van der Waals surface area contributed by atoms with Gasteiger partial charge in [-0.3, -0.25) is 14.9 Å². The summed E-state index contributed by atoms with van der Waals surface area (Å²) in [5.41, 5.74) is 5.55. The van der Waals surface area contributed by atoms with Crippen LogP contribution in [0.2, 0.25) is 5.02 Å². The number of rotatable bonds is 5. The lowest BCUT2D eigenvalue weighted by molar-refractivity contribution is -0.119. The van der Waals surface area contributed by atoms with E-state index in [1.807, 2.05) is 0 Å². The van der Waals surface area contributed by atoms with Gasteiger partial charge >= 0.3 is 0 Å². The largest absolute Gasteiger partial charge is 0.323 e. The molecule has 10 heteroatoms. The van der Waals surface area contributed by atoms with Gasteiger partial charge in [-0.05, 0) is 36.4 Å². The summed E-state index contributed by atoms with van der Waals surface area (Å²) in [4.78, 5) is 12.5. The second-order valence-corrected chi connectivity index (χ2v) is 7.91. The Kier molecular flexibility index (Phi) is 5.42. The van der Waals surface area contributed by atoms with E-state index in [0.29, 0.717) is 10.7 Å². The minimum absolute atomic E-state index is 0.00814. The molecule has 7 nitrogen and oxygen atoms in total. The maximum absolute atomic E-state index is 13.7. The third-order valence-corrected chi connectivity index (χ3v) is 5.73. The topological polar surface area (TPSA) is 99.3 Å². The third-order valence-electron chi connectivity index (χ3n) is 3.84. The summed E-state index contributed by atoms with van der Waals surface area (Å²) in [5.74, 6) is -2.17. The van der Waals surface area contributed by atoms with Crippen molar-refractivity contribution in [2.45, 2.75) is 5.37 Å². The minimum atomic E-state index is -3.94. The van der Waals surface area contributed by atoms with Crippen LogP contribution in [-0.2, 0) is 14.8 Å². The fraction of sp³-hybridized carbons (Fsp3) is 0.188. The molecule has 2 aromatic carbocycles. The van der Waals surface area contributed by atoms with Crippen LogP contribution < -0.4 is 20.9 Å². The molecule has 26 heavy (non-hydrogen) atoms. The monoisotopic (exact) mass is 398 g/mol. The van der Waals surface area contributed by atoms with Crippen molar-refractivity contribution in [3.05, 3.63) is 59.4 Å². The average Bonchev–Trinajstić information content (AvgIpc) is 3.10. The predicted octanol–water partition coefficient (Wildman–Crippen LogP) is 1.91. The van der Waals surface area contributed by atoms with Crippen LogP contribution in [0.25, 0.3) is 0 Å². The van der Waals surface area contributed by atoms with Gasteiger partial charge in [-0.15, -0.1) is 0 Å². The highest BCUT2D eigenvalue weighted by molar-refractivity contribution is 7.93. The highest BCUT2D eigenvalue weighted by atomic mass is 35.5. The first-order valence-corrected chi connectivity index (χ1v) is 9.60. The lowest BCUT2D eigenvalue weighted by atomic mass is 10.1. The van der Waals surface area contributed by atoms with Crippen LogP contribution in [0.15, 0.2) is 48.5 Å². The molecule has 0 bridgehead atoms. The van der Waals surface area contributed by atoms with Gasteiger partial charge in [0.1, 0.15) is 5.82 Å². The molecule has 2 aromatic rings. The number of hydrogen-bond acceptors (Lipinski definition) is 5. The van der Waals surface area contributed by atoms with Crippen molar-refractivity contribution < 1.29 is 17.6 Å². The maximum Gasteiger partial charge on any atom is 0.250 e. The van der Waals surface area contributed by atoms with Crippen LogP contribution in [0.4, 0.5) is 15.8 Å². The number of carbonyl (C=O) groups is 1. The smallest absolute Gasteiger partial charge is 0.250 e. The van der Waals surface area contributed by atoms with Gasteiger partial charge in [-0.2, -0.15) is 0 Å². The van der Waals surface area contributed by atoms with Crippen LogP contribution in [0.1, 0.15) is 0 Å². The van der Waals surface area contributed by atoms with Gasteiger partial charge in [-0.25, -0.2) is 18.2 Å². The normalized spacial score (nSPS) is 19.9. The molecule has 1 heterocycles. The highest BCUT2D eigenvalue weighted by Crippen LogP contribution is 2.22. The van der Waals surface area contributed by atoms with Gasteiger partial charge in [-0.1, -0.05) is 23.7 Å². The van der Waals surface area contributed by atoms with Crippen LogP contribution in [0, 0.1) is 11.7 Å². The third kappa shape index (κ3) is 4.13. The predicted molar refractivity (Wildman–Crippen MR) is 97.4 cm³/mol. The minimum Gasteiger partial charge on any atom is -0.323 e. The molecule has 1 aliphatic rings. The Hall–Kier alpha value is -2.20. The van der Waals surface area contributed by atoms with Crippen LogP contribution in [-0.4, -0.2) is 26.2 Å². The summed E-state index contributed by atoms with van der Waals surface area (Å²) < 4.78 is 41.3. The second kappa shape index (κ2) is 7.58. The number of hydrogen-bond donors (Lipinski definition) is 4. The molecule has 1 saturated heterocycles. The molecule has 1 aliphatic heterocycles. The van der Waals surface area contributed by atoms with Crippen molar-refractivity contribution in [3.8, 4) is 0 Å². The number of halogens is 2. The zero-order valence-electron chi connectivity index (χ0n) is 13.4. The van der Waals surface area contributed by atoms with Gasteiger partial charge < -0.3 is 5.32 Å². The van der Waals surface area contributed by atoms with E-state index in [0.717, 1.165) is 0 Å². The molecular weight excluding hydrogens is 383 g/mol. The molecule has 0 radical (unpaired) electrons. The lowest BCUT2D eigenvalue weighted by Gasteiger charge is -2.19. The second-order valence-electron chi connectivity index (χ2n) is 5.68. The van der Waals surface area contributed by atoms with Crippen LogP contribution >= 0.6 is 11.6 Å². The van der Waals surface area contributed by atoms with E-state index >= 15 is 0 Å². The fourth-order valence-electron chi connectivity index (χ4n) is 2.53. The Bertz CT molecular complexity index is 908. The van der Waals surface area contributed by atoms with Crippen molar-refractivity contribution in [1.82, 2.24) is 10.9 Å². The van der Waals surface area contributed by atoms with Gasteiger partial charge in [0.2, 0.25) is 5.91 Å². The summed E-state index contributed by atoms with van der Waals surface area (Å²) in [6, 6.07) is 11.8. The molecule has 0 saturated carbocycles. The first-order valence-electron chi connectivity index (χ1n) is 7.68. The molecule has 0 aliphatic carbocycles. The number of benzene rings is 2. The summed E-state index contributed by atoms with van der Waals surface area (Å²) in [6.07, 6.45) is 0. The number of sulfonamides is 1. The maximum atomic E-state index is 13.7. The molecule has 0 spiro atoms. The molecular formula is C16H16ClFN4O3S. The Morgan fingerprint density at radius 2 is 1.85 bits per heavy atom. The lowest BCUT2D eigenvalue weighted by Crippen LogP contribution is -2.45. The zero-order valence-corrected chi connectivity index (χ0v) is 14.9. The van der Waals surface area contributed by atoms with Crippen LogP contribution in [0.5, 0.6) is 0 Å². The number of nitrogens with one attached hydrogen (secondary N) is 4. The van der Waals surface area contributed by atoms with Gasteiger partial charge in [0.05, 0.1) is 11.6 Å². The Labute approximate surface area is 155 Å².